The molecule has 1 aromatic rings. The van der Waals surface area contributed by atoms with E-state index >= 15 is 0 Å². The van der Waals surface area contributed by atoms with Gasteiger partial charge >= 0.3 is 0 Å². The van der Waals surface area contributed by atoms with Gasteiger partial charge in [0.2, 0.25) is 0 Å². The first kappa shape index (κ1) is 12.2. The van der Waals surface area contributed by atoms with Crippen molar-refractivity contribution >= 4 is 5.57 Å². The monoisotopic (exact) mass is 226 g/mol. The Morgan fingerprint density at radius 2 is 1.76 bits per heavy atom. The molecule has 0 saturated carbocycles. The molecule has 0 spiro atoms. The second-order valence-corrected chi connectivity index (χ2v) is 4.96. The molecule has 0 amide bonds. The van der Waals surface area contributed by atoms with Crippen LogP contribution >= 0.6 is 0 Å². The molecule has 1 unspecified atom stereocenters. The van der Waals surface area contributed by atoms with Gasteiger partial charge in [-0.05, 0) is 41.9 Å². The van der Waals surface area contributed by atoms with Crippen LogP contribution < -0.4 is 0 Å². The molecule has 0 saturated heterocycles. The Kier molecular flexibility index (Phi) is 3.83. The maximum Gasteiger partial charge on any atom is -0.0184 e. The lowest BCUT2D eigenvalue weighted by atomic mass is 9.86. The van der Waals surface area contributed by atoms with Crippen LogP contribution in [0.5, 0.6) is 0 Å². The Bertz CT molecular complexity index is 432. The number of aryl methyl sites for hydroxylation is 1. The highest BCUT2D eigenvalue weighted by atomic mass is 14.2. The zero-order chi connectivity index (χ0) is 12.3. The third kappa shape index (κ3) is 2.69. The maximum atomic E-state index is 2.34. The minimum atomic E-state index is 0.698. The number of hydrogen-bond donors (Lipinski definition) is 0. The fourth-order valence-corrected chi connectivity index (χ4v) is 2.50. The van der Waals surface area contributed by atoms with E-state index in [9.17, 15) is 0 Å². The zero-order valence-corrected chi connectivity index (χ0v) is 11.2. The van der Waals surface area contributed by atoms with Gasteiger partial charge in [-0.15, -0.1) is 0 Å². The second kappa shape index (κ2) is 5.35. The standard InChI is InChI=1S/C17H22/c1-4-14-7-9-16(10-8-14)17-11-6-13(3)12-15(17)5-2/h6-11,13H,4-5,12H2,1-3H3. The fraction of sp³-hybridized carbons (Fsp3) is 0.412. The van der Waals surface area contributed by atoms with Crippen LogP contribution in [0.15, 0.2) is 42.0 Å². The fourth-order valence-electron chi connectivity index (χ4n) is 2.50. The van der Waals surface area contributed by atoms with E-state index in [2.05, 4.69) is 57.2 Å². The smallest absolute Gasteiger partial charge is 0.0184 e. The normalized spacial score (nSPS) is 19.8. The molecule has 0 N–H and O–H groups in total. The SMILES string of the molecule is CCC1=C(c2ccc(CC)cc2)C=CC(C)C1. The van der Waals surface area contributed by atoms with Crippen molar-refractivity contribution in [2.24, 2.45) is 5.92 Å². The molecule has 0 radical (unpaired) electrons. The summed E-state index contributed by atoms with van der Waals surface area (Å²) in [5.41, 5.74) is 5.85. The van der Waals surface area contributed by atoms with E-state index in [-0.39, 0.29) is 0 Å². The Labute approximate surface area is 105 Å². The minimum Gasteiger partial charge on any atom is -0.0808 e. The molecular formula is C17H22. The molecule has 0 fully saturated rings. The van der Waals surface area contributed by atoms with Gasteiger partial charge in [0.15, 0.2) is 0 Å². The van der Waals surface area contributed by atoms with Crippen molar-refractivity contribution in [1.82, 2.24) is 0 Å². The molecule has 0 aromatic heterocycles. The van der Waals surface area contributed by atoms with Crippen molar-refractivity contribution in [3.63, 3.8) is 0 Å². The highest BCUT2D eigenvalue weighted by Crippen LogP contribution is 2.32. The Balaban J connectivity index is 2.34. The molecule has 0 nitrogen and oxygen atoms in total. The number of rotatable bonds is 3. The summed E-state index contributed by atoms with van der Waals surface area (Å²) in [4.78, 5) is 0. The number of hydrogen-bond acceptors (Lipinski definition) is 0. The molecule has 17 heavy (non-hydrogen) atoms. The summed E-state index contributed by atoms with van der Waals surface area (Å²) in [5.74, 6) is 0.698. The van der Waals surface area contributed by atoms with Crippen LogP contribution in [0.4, 0.5) is 0 Å². The summed E-state index contributed by atoms with van der Waals surface area (Å²) in [7, 11) is 0. The molecule has 0 bridgehead atoms. The third-order valence-electron chi connectivity index (χ3n) is 3.64. The van der Waals surface area contributed by atoms with Gasteiger partial charge in [-0.25, -0.2) is 0 Å². The van der Waals surface area contributed by atoms with Gasteiger partial charge in [-0.1, -0.05) is 62.8 Å². The average molecular weight is 226 g/mol. The lowest BCUT2D eigenvalue weighted by Gasteiger charge is -2.19. The Morgan fingerprint density at radius 1 is 1.06 bits per heavy atom. The summed E-state index contributed by atoms with van der Waals surface area (Å²) in [6.45, 7) is 6.76. The summed E-state index contributed by atoms with van der Waals surface area (Å²) in [6.07, 6.45) is 8.15. The van der Waals surface area contributed by atoms with Crippen LogP contribution in [0.2, 0.25) is 0 Å². The second-order valence-electron chi connectivity index (χ2n) is 4.96. The van der Waals surface area contributed by atoms with Crippen LogP contribution in [0, 0.1) is 5.92 Å². The van der Waals surface area contributed by atoms with E-state index in [1.807, 2.05) is 0 Å². The Morgan fingerprint density at radius 3 is 2.35 bits per heavy atom. The molecule has 0 aliphatic heterocycles. The van der Waals surface area contributed by atoms with Crippen LogP contribution in [-0.4, -0.2) is 0 Å². The maximum absolute atomic E-state index is 2.34. The molecule has 0 heteroatoms. The van der Waals surface area contributed by atoms with Gasteiger partial charge in [0.1, 0.15) is 0 Å². The van der Waals surface area contributed by atoms with Crippen LogP contribution in [0.3, 0.4) is 0 Å². The van der Waals surface area contributed by atoms with Crippen LogP contribution in [0.1, 0.15) is 44.7 Å². The molecule has 0 heterocycles. The van der Waals surface area contributed by atoms with E-state index in [4.69, 9.17) is 0 Å². The number of allylic oxidation sites excluding steroid dienone is 4. The summed E-state index contributed by atoms with van der Waals surface area (Å²) in [5, 5.41) is 0. The molecule has 1 aliphatic rings. The van der Waals surface area contributed by atoms with E-state index in [1.165, 1.54) is 29.5 Å². The highest BCUT2D eigenvalue weighted by molar-refractivity contribution is 5.77. The number of benzene rings is 1. The van der Waals surface area contributed by atoms with Gasteiger partial charge in [0.25, 0.3) is 0 Å². The third-order valence-corrected chi connectivity index (χ3v) is 3.64. The molecule has 1 aromatic carbocycles. The topological polar surface area (TPSA) is 0 Å². The molecule has 1 atom stereocenters. The first-order valence-electron chi connectivity index (χ1n) is 6.74. The van der Waals surface area contributed by atoms with Gasteiger partial charge in [-0.3, -0.25) is 0 Å². The van der Waals surface area contributed by atoms with E-state index in [0.29, 0.717) is 5.92 Å². The average Bonchev–Trinajstić information content (AvgIpc) is 2.39. The van der Waals surface area contributed by atoms with Crippen molar-refractivity contribution in [1.29, 1.82) is 0 Å². The molecular weight excluding hydrogens is 204 g/mol. The van der Waals surface area contributed by atoms with E-state index < -0.39 is 0 Å². The first-order chi connectivity index (χ1) is 8.24. The quantitative estimate of drug-likeness (QED) is 0.679. The van der Waals surface area contributed by atoms with Crippen molar-refractivity contribution in [3.8, 4) is 0 Å². The van der Waals surface area contributed by atoms with Crippen molar-refractivity contribution in [2.45, 2.75) is 40.0 Å². The zero-order valence-electron chi connectivity index (χ0n) is 11.2. The lowest BCUT2D eigenvalue weighted by molar-refractivity contribution is 0.693. The largest absolute Gasteiger partial charge is 0.0808 e. The summed E-state index contributed by atoms with van der Waals surface area (Å²) >= 11 is 0. The Hall–Kier alpha value is -1.30. The van der Waals surface area contributed by atoms with Crippen molar-refractivity contribution < 1.29 is 0 Å². The molecule has 2 rings (SSSR count). The lowest BCUT2D eigenvalue weighted by Crippen LogP contribution is -2.01. The molecule has 1 aliphatic carbocycles. The predicted octanol–water partition coefficient (Wildman–Crippen LogP) is 5.01. The van der Waals surface area contributed by atoms with E-state index in [1.54, 1.807) is 5.57 Å². The minimum absolute atomic E-state index is 0.698. The molecule has 90 valence electrons. The van der Waals surface area contributed by atoms with Gasteiger partial charge < -0.3 is 0 Å². The first-order valence-corrected chi connectivity index (χ1v) is 6.74. The van der Waals surface area contributed by atoms with Gasteiger partial charge in [0, 0.05) is 0 Å². The van der Waals surface area contributed by atoms with Crippen molar-refractivity contribution in [2.75, 3.05) is 0 Å². The predicted molar refractivity (Wildman–Crippen MR) is 76.0 cm³/mol. The van der Waals surface area contributed by atoms with E-state index in [0.717, 1.165) is 6.42 Å². The van der Waals surface area contributed by atoms with Crippen LogP contribution in [0.25, 0.3) is 5.57 Å². The van der Waals surface area contributed by atoms with Crippen LogP contribution in [-0.2, 0) is 6.42 Å². The highest BCUT2D eigenvalue weighted by Gasteiger charge is 2.12. The van der Waals surface area contributed by atoms with Gasteiger partial charge in [-0.2, -0.15) is 0 Å². The van der Waals surface area contributed by atoms with Crippen molar-refractivity contribution in [3.05, 3.63) is 53.1 Å². The van der Waals surface area contributed by atoms with Gasteiger partial charge in [0.05, 0.1) is 0 Å². The summed E-state index contributed by atoms with van der Waals surface area (Å²) < 4.78 is 0. The summed E-state index contributed by atoms with van der Waals surface area (Å²) in [6, 6.07) is 9.04.